The molecule has 0 atom stereocenters. The van der Waals surface area contributed by atoms with E-state index in [2.05, 4.69) is 10.2 Å². The molecule has 2 fully saturated rings. The first-order chi connectivity index (χ1) is 16.1. The van der Waals surface area contributed by atoms with Crippen LogP contribution >= 0.6 is 0 Å². The summed E-state index contributed by atoms with van der Waals surface area (Å²) in [7, 11) is 0. The molecule has 3 heterocycles. The normalized spacial score (nSPS) is 19.5. The fraction of sp³-hybridized carbons (Fsp3) is 0.462. The molecule has 2 aromatic carbocycles. The highest BCUT2D eigenvalue weighted by molar-refractivity contribution is 5.95. The number of nitrogens with one attached hydrogen (secondary N) is 1. The molecule has 174 valence electrons. The van der Waals surface area contributed by atoms with Crippen molar-refractivity contribution < 1.29 is 19.1 Å². The summed E-state index contributed by atoms with van der Waals surface area (Å²) in [4.78, 5) is 30.1. The lowest BCUT2D eigenvalue weighted by molar-refractivity contribution is -0.121. The Balaban J connectivity index is 1.08. The zero-order valence-electron chi connectivity index (χ0n) is 19.1. The number of hydrogen-bond acceptors (Lipinski definition) is 5. The molecule has 2 amide bonds. The van der Waals surface area contributed by atoms with Crippen LogP contribution in [0.3, 0.4) is 0 Å². The number of ether oxygens (including phenoxy) is 2. The standard InChI is InChI=1S/C26H31N3O4/c1-18-2-5-21(6-3-18)27-25(30)19-8-12-28(13-9-19)22-10-14-29(15-11-22)26(31)20-4-7-23-24(16-20)33-17-32-23/h2-7,16,19,22H,8-15,17H2,1H3,(H,27,30). The highest BCUT2D eigenvalue weighted by atomic mass is 16.7. The van der Waals surface area contributed by atoms with Crippen LogP contribution in [0.1, 0.15) is 41.6 Å². The molecule has 0 unspecified atom stereocenters. The van der Waals surface area contributed by atoms with Crippen molar-refractivity contribution in [2.24, 2.45) is 5.92 Å². The van der Waals surface area contributed by atoms with Gasteiger partial charge in [0, 0.05) is 36.3 Å². The molecular weight excluding hydrogens is 418 g/mol. The lowest BCUT2D eigenvalue weighted by Gasteiger charge is -2.41. The molecule has 0 bridgehead atoms. The molecule has 7 nitrogen and oxygen atoms in total. The number of fused-ring (bicyclic) bond motifs is 1. The fourth-order valence-corrected chi connectivity index (χ4v) is 5.05. The maximum atomic E-state index is 12.9. The second kappa shape index (κ2) is 9.43. The van der Waals surface area contributed by atoms with E-state index in [0.717, 1.165) is 57.5 Å². The Bertz CT molecular complexity index is 1010. The average Bonchev–Trinajstić information content (AvgIpc) is 3.33. The second-order valence-corrected chi connectivity index (χ2v) is 9.26. The number of nitrogens with zero attached hydrogens (tertiary/aromatic N) is 2. The number of anilines is 1. The van der Waals surface area contributed by atoms with Crippen LogP contribution in [0.2, 0.25) is 0 Å². The lowest BCUT2D eigenvalue weighted by Crippen LogP contribution is -2.49. The van der Waals surface area contributed by atoms with Crippen LogP contribution in [0.5, 0.6) is 11.5 Å². The summed E-state index contributed by atoms with van der Waals surface area (Å²) in [5.74, 6) is 1.59. The summed E-state index contributed by atoms with van der Waals surface area (Å²) in [6, 6.07) is 13.8. The van der Waals surface area contributed by atoms with Gasteiger partial charge in [-0.3, -0.25) is 9.59 Å². The highest BCUT2D eigenvalue weighted by Gasteiger charge is 2.32. The predicted molar refractivity (Wildman–Crippen MR) is 126 cm³/mol. The first kappa shape index (κ1) is 21.8. The van der Waals surface area contributed by atoms with Crippen LogP contribution < -0.4 is 14.8 Å². The first-order valence-electron chi connectivity index (χ1n) is 11.9. The van der Waals surface area contributed by atoms with Crippen molar-refractivity contribution in [2.45, 2.75) is 38.6 Å². The quantitative estimate of drug-likeness (QED) is 0.771. The van der Waals surface area contributed by atoms with Gasteiger partial charge in [0.05, 0.1) is 0 Å². The number of carbonyl (C=O) groups excluding carboxylic acids is 2. The Labute approximate surface area is 194 Å². The predicted octanol–water partition coefficient (Wildman–Crippen LogP) is 3.68. The number of benzene rings is 2. The van der Waals surface area contributed by atoms with E-state index in [1.807, 2.05) is 42.2 Å². The summed E-state index contributed by atoms with van der Waals surface area (Å²) in [5.41, 5.74) is 2.70. The monoisotopic (exact) mass is 449 g/mol. The smallest absolute Gasteiger partial charge is 0.253 e. The van der Waals surface area contributed by atoms with Crippen LogP contribution in [0.15, 0.2) is 42.5 Å². The van der Waals surface area contributed by atoms with Gasteiger partial charge in [0.25, 0.3) is 5.91 Å². The Hall–Kier alpha value is -3.06. The van der Waals surface area contributed by atoms with Crippen molar-refractivity contribution in [1.29, 1.82) is 0 Å². The maximum Gasteiger partial charge on any atom is 0.253 e. The minimum atomic E-state index is 0.0539. The van der Waals surface area contributed by atoms with Gasteiger partial charge in [0.2, 0.25) is 12.7 Å². The van der Waals surface area contributed by atoms with Gasteiger partial charge in [-0.1, -0.05) is 17.7 Å². The zero-order chi connectivity index (χ0) is 22.8. The summed E-state index contributed by atoms with van der Waals surface area (Å²) in [6.07, 6.45) is 3.70. The van der Waals surface area contributed by atoms with Gasteiger partial charge in [-0.2, -0.15) is 0 Å². The van der Waals surface area contributed by atoms with Crippen LogP contribution in [0.25, 0.3) is 0 Å². The fourth-order valence-electron chi connectivity index (χ4n) is 5.05. The topological polar surface area (TPSA) is 71.1 Å². The van der Waals surface area contributed by atoms with Crippen molar-refractivity contribution in [3.63, 3.8) is 0 Å². The molecule has 1 N–H and O–H groups in total. The third-order valence-electron chi connectivity index (χ3n) is 7.11. The number of piperidine rings is 2. The molecule has 0 aliphatic carbocycles. The number of amides is 2. The molecule has 0 radical (unpaired) electrons. The molecule has 0 aromatic heterocycles. The van der Waals surface area contributed by atoms with Gasteiger partial charge in [-0.05, 0) is 76.0 Å². The van der Waals surface area contributed by atoms with E-state index < -0.39 is 0 Å². The maximum absolute atomic E-state index is 12.9. The Morgan fingerprint density at radius 2 is 1.58 bits per heavy atom. The van der Waals surface area contributed by atoms with Crippen molar-refractivity contribution >= 4 is 17.5 Å². The Kier molecular flexibility index (Phi) is 6.22. The van der Waals surface area contributed by atoms with Crippen LogP contribution in [0, 0.1) is 12.8 Å². The molecule has 3 aliphatic heterocycles. The number of aryl methyl sites for hydroxylation is 1. The second-order valence-electron chi connectivity index (χ2n) is 9.26. The minimum absolute atomic E-state index is 0.0539. The van der Waals surface area contributed by atoms with Gasteiger partial charge < -0.3 is 24.6 Å². The lowest BCUT2D eigenvalue weighted by atomic mass is 9.92. The molecule has 2 aromatic rings. The van der Waals surface area contributed by atoms with Gasteiger partial charge >= 0.3 is 0 Å². The molecule has 7 heteroatoms. The molecule has 3 aliphatic rings. The average molecular weight is 450 g/mol. The van der Waals surface area contributed by atoms with Gasteiger partial charge in [-0.25, -0.2) is 0 Å². The van der Waals surface area contributed by atoms with Crippen LogP contribution in [-0.2, 0) is 4.79 Å². The van der Waals surface area contributed by atoms with E-state index in [-0.39, 0.29) is 24.5 Å². The Morgan fingerprint density at radius 3 is 2.30 bits per heavy atom. The molecular formula is C26H31N3O4. The molecule has 5 rings (SSSR count). The van der Waals surface area contributed by atoms with E-state index in [4.69, 9.17) is 9.47 Å². The first-order valence-corrected chi connectivity index (χ1v) is 11.9. The van der Waals surface area contributed by atoms with Crippen molar-refractivity contribution in [3.05, 3.63) is 53.6 Å². The SMILES string of the molecule is Cc1ccc(NC(=O)C2CCN(C3CCN(C(=O)c4ccc5c(c4)OCO5)CC3)CC2)cc1. The van der Waals surface area contributed by atoms with E-state index in [1.165, 1.54) is 5.56 Å². The highest BCUT2D eigenvalue weighted by Crippen LogP contribution is 2.33. The van der Waals surface area contributed by atoms with Crippen molar-refractivity contribution in [3.8, 4) is 11.5 Å². The summed E-state index contributed by atoms with van der Waals surface area (Å²) >= 11 is 0. The van der Waals surface area contributed by atoms with Crippen molar-refractivity contribution in [2.75, 3.05) is 38.3 Å². The van der Waals surface area contributed by atoms with Gasteiger partial charge in [0.1, 0.15) is 0 Å². The summed E-state index contributed by atoms with van der Waals surface area (Å²) in [6.45, 7) is 5.64. The number of hydrogen-bond donors (Lipinski definition) is 1. The summed E-state index contributed by atoms with van der Waals surface area (Å²) < 4.78 is 10.7. The largest absolute Gasteiger partial charge is 0.454 e. The summed E-state index contributed by atoms with van der Waals surface area (Å²) in [5, 5.41) is 3.06. The van der Waals surface area contributed by atoms with E-state index in [1.54, 1.807) is 12.1 Å². The van der Waals surface area contributed by atoms with Gasteiger partial charge in [0.15, 0.2) is 11.5 Å². The third kappa shape index (κ3) is 4.83. The van der Waals surface area contributed by atoms with E-state index >= 15 is 0 Å². The molecule has 0 saturated carbocycles. The minimum Gasteiger partial charge on any atom is -0.454 e. The number of carbonyl (C=O) groups is 2. The van der Waals surface area contributed by atoms with E-state index in [9.17, 15) is 9.59 Å². The number of likely N-dealkylation sites (tertiary alicyclic amines) is 2. The molecule has 33 heavy (non-hydrogen) atoms. The Morgan fingerprint density at radius 1 is 0.879 bits per heavy atom. The van der Waals surface area contributed by atoms with Crippen LogP contribution in [0.4, 0.5) is 5.69 Å². The molecule has 0 spiro atoms. The van der Waals surface area contributed by atoms with Crippen LogP contribution in [-0.4, -0.2) is 60.6 Å². The third-order valence-corrected chi connectivity index (χ3v) is 7.11. The number of rotatable bonds is 4. The van der Waals surface area contributed by atoms with Gasteiger partial charge in [-0.15, -0.1) is 0 Å². The van der Waals surface area contributed by atoms with Crippen molar-refractivity contribution in [1.82, 2.24) is 9.80 Å². The molecule has 2 saturated heterocycles. The zero-order valence-corrected chi connectivity index (χ0v) is 19.1. The van der Waals surface area contributed by atoms with E-state index in [0.29, 0.717) is 23.1 Å².